The molecule has 1 aliphatic carbocycles. The molecule has 37 heavy (non-hydrogen) atoms. The second-order valence-corrected chi connectivity index (χ2v) is 11.3. The smallest absolute Gasteiger partial charge is 0.224 e. The number of rotatable bonds is 6. The first-order valence-corrected chi connectivity index (χ1v) is 13.2. The molecule has 1 aliphatic heterocycles. The van der Waals surface area contributed by atoms with Crippen molar-refractivity contribution < 1.29 is 13.9 Å². The lowest BCUT2D eigenvalue weighted by atomic mass is 9.85. The van der Waals surface area contributed by atoms with Gasteiger partial charge in [-0.2, -0.15) is 4.98 Å². The van der Waals surface area contributed by atoms with Crippen LogP contribution in [0.5, 0.6) is 0 Å². The summed E-state index contributed by atoms with van der Waals surface area (Å²) in [4.78, 5) is 25.7. The van der Waals surface area contributed by atoms with Gasteiger partial charge >= 0.3 is 0 Å². The molecule has 3 heterocycles. The predicted molar refractivity (Wildman–Crippen MR) is 142 cm³/mol. The third-order valence-electron chi connectivity index (χ3n) is 7.17. The van der Waals surface area contributed by atoms with Crippen LogP contribution in [0.15, 0.2) is 18.3 Å². The van der Waals surface area contributed by atoms with Gasteiger partial charge in [0.25, 0.3) is 0 Å². The van der Waals surface area contributed by atoms with Crippen molar-refractivity contribution in [3.05, 3.63) is 34.2 Å². The van der Waals surface area contributed by atoms with Gasteiger partial charge in [0.05, 0.1) is 22.5 Å². The van der Waals surface area contributed by atoms with Crippen LogP contribution in [0.1, 0.15) is 58.4 Å². The van der Waals surface area contributed by atoms with Crippen molar-refractivity contribution in [1.29, 1.82) is 0 Å². The molecule has 1 saturated carbocycles. The number of imidazole rings is 1. The van der Waals surface area contributed by atoms with Crippen molar-refractivity contribution in [2.75, 3.05) is 17.2 Å². The second-order valence-electron chi connectivity index (χ2n) is 10.4. The molecule has 1 amide bonds. The SMILES string of the molecule is CC1(C)C[C@H](Nc2ncc3nc(Nc4c(F)cc(Cl)cc4Cl)n(C4CCC(C(N)=O)CC4)c3n2)CCO1. The van der Waals surface area contributed by atoms with E-state index in [0.29, 0.717) is 55.4 Å². The second kappa shape index (κ2) is 10.2. The Labute approximate surface area is 224 Å². The monoisotopic (exact) mass is 549 g/mol. The van der Waals surface area contributed by atoms with Crippen LogP contribution in [0.4, 0.5) is 22.0 Å². The van der Waals surface area contributed by atoms with E-state index in [1.54, 1.807) is 6.20 Å². The summed E-state index contributed by atoms with van der Waals surface area (Å²) in [6, 6.07) is 2.81. The summed E-state index contributed by atoms with van der Waals surface area (Å²) in [6.45, 7) is 4.80. The molecule has 9 nitrogen and oxygen atoms in total. The molecule has 0 radical (unpaired) electrons. The molecule has 0 unspecified atom stereocenters. The number of nitrogens with zero attached hydrogens (tertiary/aromatic N) is 4. The van der Waals surface area contributed by atoms with Crippen molar-refractivity contribution in [2.24, 2.45) is 11.7 Å². The maximum atomic E-state index is 14.8. The van der Waals surface area contributed by atoms with Crippen LogP contribution in [0, 0.1) is 11.7 Å². The number of benzene rings is 1. The number of primary amides is 1. The van der Waals surface area contributed by atoms with Gasteiger partial charge in [0.15, 0.2) is 5.65 Å². The average Bonchev–Trinajstić information content (AvgIpc) is 3.18. The molecule has 3 aromatic rings. The van der Waals surface area contributed by atoms with Gasteiger partial charge in [-0.05, 0) is 64.5 Å². The molecule has 1 atom stereocenters. The molecule has 198 valence electrons. The number of ether oxygens (including phenoxy) is 1. The van der Waals surface area contributed by atoms with Gasteiger partial charge in [0, 0.05) is 29.6 Å². The Hall–Kier alpha value is -2.69. The lowest BCUT2D eigenvalue weighted by Gasteiger charge is -2.35. The van der Waals surface area contributed by atoms with Gasteiger partial charge in [0.2, 0.25) is 17.8 Å². The number of nitrogens with one attached hydrogen (secondary N) is 2. The maximum absolute atomic E-state index is 14.8. The number of hydrogen-bond acceptors (Lipinski definition) is 7. The summed E-state index contributed by atoms with van der Waals surface area (Å²) in [5, 5.41) is 6.84. The number of carbonyl (C=O) groups excluding carboxylic acids is 1. The summed E-state index contributed by atoms with van der Waals surface area (Å²) in [5.74, 6) is -0.155. The summed E-state index contributed by atoms with van der Waals surface area (Å²) in [5.41, 5.74) is 6.57. The fourth-order valence-electron chi connectivity index (χ4n) is 5.32. The number of carbonyl (C=O) groups is 1. The van der Waals surface area contributed by atoms with E-state index in [-0.39, 0.29) is 45.2 Å². The number of amides is 1. The Morgan fingerprint density at radius 1 is 1.19 bits per heavy atom. The van der Waals surface area contributed by atoms with Crippen LogP contribution in [0.2, 0.25) is 10.0 Å². The Morgan fingerprint density at radius 3 is 2.62 bits per heavy atom. The van der Waals surface area contributed by atoms with Crippen molar-refractivity contribution in [3.8, 4) is 0 Å². The molecule has 2 aromatic heterocycles. The summed E-state index contributed by atoms with van der Waals surface area (Å²) < 4.78 is 22.6. The first-order valence-electron chi connectivity index (χ1n) is 12.5. The van der Waals surface area contributed by atoms with E-state index < -0.39 is 5.82 Å². The van der Waals surface area contributed by atoms with E-state index in [2.05, 4.69) is 34.4 Å². The van der Waals surface area contributed by atoms with Crippen LogP contribution in [0.3, 0.4) is 0 Å². The zero-order valence-corrected chi connectivity index (χ0v) is 22.2. The number of halogens is 3. The molecule has 2 aliphatic rings. The average molecular weight is 550 g/mol. The molecule has 5 rings (SSSR count). The molecule has 2 fully saturated rings. The van der Waals surface area contributed by atoms with Crippen LogP contribution in [-0.2, 0) is 9.53 Å². The minimum absolute atomic E-state index is 0.0259. The number of anilines is 3. The molecular weight excluding hydrogens is 520 g/mol. The van der Waals surface area contributed by atoms with E-state index in [1.807, 2.05) is 4.57 Å². The fourth-order valence-corrected chi connectivity index (χ4v) is 5.84. The Kier molecular flexibility index (Phi) is 7.17. The van der Waals surface area contributed by atoms with Crippen molar-refractivity contribution in [2.45, 2.75) is 70.1 Å². The van der Waals surface area contributed by atoms with Crippen LogP contribution in [0.25, 0.3) is 11.2 Å². The van der Waals surface area contributed by atoms with Crippen molar-refractivity contribution >= 4 is 57.9 Å². The zero-order valence-electron chi connectivity index (χ0n) is 20.7. The lowest BCUT2D eigenvalue weighted by molar-refractivity contribution is -0.122. The number of nitrogens with two attached hydrogens (primary N) is 1. The van der Waals surface area contributed by atoms with Crippen LogP contribution in [-0.4, -0.2) is 43.7 Å². The highest BCUT2D eigenvalue weighted by molar-refractivity contribution is 6.36. The van der Waals surface area contributed by atoms with Gasteiger partial charge in [-0.1, -0.05) is 23.2 Å². The topological polar surface area (TPSA) is 120 Å². The molecule has 1 aromatic carbocycles. The van der Waals surface area contributed by atoms with Crippen molar-refractivity contribution in [3.63, 3.8) is 0 Å². The zero-order chi connectivity index (χ0) is 26.3. The fraction of sp³-hybridized carbons (Fsp3) is 0.520. The first kappa shape index (κ1) is 25.9. The quantitative estimate of drug-likeness (QED) is 0.365. The Morgan fingerprint density at radius 2 is 1.95 bits per heavy atom. The van der Waals surface area contributed by atoms with Gasteiger partial charge in [-0.25, -0.2) is 14.4 Å². The normalized spacial score (nSPS) is 23.6. The number of aromatic nitrogens is 4. The third-order valence-corrected chi connectivity index (χ3v) is 7.69. The highest BCUT2D eigenvalue weighted by Crippen LogP contribution is 2.38. The van der Waals surface area contributed by atoms with Crippen LogP contribution < -0.4 is 16.4 Å². The van der Waals surface area contributed by atoms with E-state index in [0.717, 1.165) is 12.8 Å². The van der Waals surface area contributed by atoms with Gasteiger partial charge < -0.3 is 21.1 Å². The number of fused-ring (bicyclic) bond motifs is 1. The molecule has 4 N–H and O–H groups in total. The van der Waals surface area contributed by atoms with Gasteiger partial charge in [-0.3, -0.25) is 9.36 Å². The molecule has 0 spiro atoms. The highest BCUT2D eigenvalue weighted by Gasteiger charge is 2.31. The highest BCUT2D eigenvalue weighted by atomic mass is 35.5. The molecule has 12 heteroatoms. The van der Waals surface area contributed by atoms with E-state index in [4.69, 9.17) is 38.7 Å². The summed E-state index contributed by atoms with van der Waals surface area (Å²) in [7, 11) is 0. The van der Waals surface area contributed by atoms with Gasteiger partial charge in [-0.15, -0.1) is 0 Å². The minimum atomic E-state index is -0.593. The minimum Gasteiger partial charge on any atom is -0.375 e. The van der Waals surface area contributed by atoms with Crippen LogP contribution >= 0.6 is 23.2 Å². The van der Waals surface area contributed by atoms with Crippen molar-refractivity contribution in [1.82, 2.24) is 19.5 Å². The summed E-state index contributed by atoms with van der Waals surface area (Å²) in [6.07, 6.45) is 6.04. The number of hydrogen-bond donors (Lipinski definition) is 3. The third kappa shape index (κ3) is 5.61. The Bertz CT molecular complexity index is 1300. The Balaban J connectivity index is 1.51. The molecule has 0 bridgehead atoms. The maximum Gasteiger partial charge on any atom is 0.224 e. The predicted octanol–water partition coefficient (Wildman–Crippen LogP) is 5.60. The summed E-state index contributed by atoms with van der Waals surface area (Å²) >= 11 is 12.3. The lowest BCUT2D eigenvalue weighted by Crippen LogP contribution is -2.40. The van der Waals surface area contributed by atoms with E-state index in [1.165, 1.54) is 12.1 Å². The van der Waals surface area contributed by atoms with E-state index >= 15 is 0 Å². The van der Waals surface area contributed by atoms with Gasteiger partial charge in [0.1, 0.15) is 11.3 Å². The van der Waals surface area contributed by atoms with E-state index in [9.17, 15) is 9.18 Å². The first-order chi connectivity index (χ1) is 17.6. The molecule has 1 saturated heterocycles. The largest absolute Gasteiger partial charge is 0.375 e. The molecular formula is C25H30Cl2FN7O2. The standard InChI is InChI=1S/C25H30Cl2FN7O2/c1-25(2)11-15(7-8-37-25)31-23-30-12-19-22(34-23)35(16-5-3-13(4-6-16)21(29)36)24(32-19)33-20-17(27)9-14(26)10-18(20)28/h9-10,12-13,15-16H,3-8,11H2,1-2H3,(H2,29,36)(H,32,33)(H,30,31,34)/t13?,15-,16?/m1/s1.